The number of aromatic hydroxyl groups is 1. The Morgan fingerprint density at radius 2 is 2.11 bits per heavy atom. The minimum absolute atomic E-state index is 0.115. The molecule has 3 heterocycles. The summed E-state index contributed by atoms with van der Waals surface area (Å²) in [6.07, 6.45) is 5.17. The molecule has 0 saturated carbocycles. The number of hydrogen-bond donors (Lipinski definition) is 3. The number of rotatable bonds is 6. The maximum atomic E-state index is 11.3. The fraction of sp³-hybridized carbons (Fsp3) is 0.381. The highest BCUT2D eigenvalue weighted by molar-refractivity contribution is 5.73. The number of aromatic amines is 1. The van der Waals surface area contributed by atoms with Gasteiger partial charge in [0.25, 0.3) is 0 Å². The molecule has 1 aliphatic rings. The maximum Gasteiger partial charge on any atom is 0.303 e. The zero-order valence-corrected chi connectivity index (χ0v) is 15.6. The molecule has 0 bridgehead atoms. The summed E-state index contributed by atoms with van der Waals surface area (Å²) in [5.41, 5.74) is 2.67. The molecule has 2 aromatic heterocycles. The van der Waals surface area contributed by atoms with Crippen molar-refractivity contribution in [1.29, 1.82) is 0 Å². The van der Waals surface area contributed by atoms with Gasteiger partial charge >= 0.3 is 5.97 Å². The van der Waals surface area contributed by atoms with Gasteiger partial charge in [-0.05, 0) is 36.9 Å². The van der Waals surface area contributed by atoms with Crippen molar-refractivity contribution in [2.24, 2.45) is 11.8 Å². The number of H-pyrrole nitrogens is 1. The lowest BCUT2D eigenvalue weighted by atomic mass is 9.81. The van der Waals surface area contributed by atoms with Crippen LogP contribution in [0.15, 0.2) is 42.7 Å². The first kappa shape index (κ1) is 18.4. The van der Waals surface area contributed by atoms with E-state index in [9.17, 15) is 15.0 Å². The highest BCUT2D eigenvalue weighted by Gasteiger charge is 2.31. The highest BCUT2D eigenvalue weighted by atomic mass is 16.4. The van der Waals surface area contributed by atoms with Crippen LogP contribution in [0, 0.1) is 11.8 Å². The fourth-order valence-corrected chi connectivity index (χ4v) is 4.16. The Hall–Kier alpha value is -2.93. The summed E-state index contributed by atoms with van der Waals surface area (Å²) in [5, 5.41) is 19.4. The minimum atomic E-state index is -0.752. The van der Waals surface area contributed by atoms with Crippen molar-refractivity contribution < 1.29 is 15.0 Å². The van der Waals surface area contributed by atoms with Gasteiger partial charge < -0.3 is 15.2 Å². The van der Waals surface area contributed by atoms with Gasteiger partial charge in [-0.3, -0.25) is 14.7 Å². The summed E-state index contributed by atoms with van der Waals surface area (Å²) < 4.78 is 0. The lowest BCUT2D eigenvalue weighted by molar-refractivity contribution is -0.139. The molecule has 7 heteroatoms. The zero-order valence-electron chi connectivity index (χ0n) is 15.6. The number of carbonyl (C=O) groups is 1. The smallest absolute Gasteiger partial charge is 0.303 e. The molecule has 1 fully saturated rings. The molecule has 0 aliphatic carbocycles. The SMILES string of the molecule is O=C(O)C[C@@H]1CCN(Cc2ccccc2O)C[C@@H]1Cc1nc2ccncc2[nH]1. The van der Waals surface area contributed by atoms with Crippen LogP contribution in [0.25, 0.3) is 11.0 Å². The van der Waals surface area contributed by atoms with Crippen molar-refractivity contribution in [3.63, 3.8) is 0 Å². The first-order chi connectivity index (χ1) is 13.6. The fourth-order valence-electron chi connectivity index (χ4n) is 4.16. The van der Waals surface area contributed by atoms with Crippen LogP contribution in [0.3, 0.4) is 0 Å². The average Bonchev–Trinajstić information content (AvgIpc) is 3.08. The van der Waals surface area contributed by atoms with Gasteiger partial charge in [0.1, 0.15) is 11.6 Å². The van der Waals surface area contributed by atoms with E-state index in [1.165, 1.54) is 0 Å². The Kier molecular flexibility index (Phi) is 5.25. The third-order valence-corrected chi connectivity index (χ3v) is 5.59. The predicted molar refractivity (Wildman–Crippen MR) is 105 cm³/mol. The zero-order chi connectivity index (χ0) is 19.5. The van der Waals surface area contributed by atoms with Crippen LogP contribution >= 0.6 is 0 Å². The lowest BCUT2D eigenvalue weighted by Crippen LogP contribution is -2.41. The predicted octanol–water partition coefficient (Wildman–Crippen LogP) is 2.82. The van der Waals surface area contributed by atoms with E-state index >= 15 is 0 Å². The van der Waals surface area contributed by atoms with Gasteiger partial charge in [-0.15, -0.1) is 0 Å². The van der Waals surface area contributed by atoms with E-state index in [2.05, 4.69) is 19.9 Å². The number of carboxylic acids is 1. The van der Waals surface area contributed by atoms with Crippen molar-refractivity contribution in [1.82, 2.24) is 19.9 Å². The monoisotopic (exact) mass is 380 g/mol. The second-order valence-corrected chi connectivity index (χ2v) is 7.55. The quantitative estimate of drug-likeness (QED) is 0.608. The number of piperidine rings is 1. The van der Waals surface area contributed by atoms with E-state index < -0.39 is 5.97 Å². The number of imidazole rings is 1. The summed E-state index contributed by atoms with van der Waals surface area (Å²) in [6.45, 7) is 2.27. The van der Waals surface area contributed by atoms with Gasteiger partial charge in [-0.25, -0.2) is 4.98 Å². The number of phenols is 1. The summed E-state index contributed by atoms with van der Waals surface area (Å²) >= 11 is 0. The van der Waals surface area contributed by atoms with Crippen molar-refractivity contribution in [3.8, 4) is 5.75 Å². The Morgan fingerprint density at radius 3 is 2.89 bits per heavy atom. The Labute approximate surface area is 163 Å². The number of benzene rings is 1. The molecule has 1 aliphatic heterocycles. The standard InChI is InChI=1S/C21H24N4O3/c26-19-4-2-1-3-15(19)12-25-8-6-14(10-21(27)28)16(13-25)9-20-23-17-5-7-22-11-18(17)24-20/h1-5,7,11,14,16,26H,6,8-10,12-13H2,(H,23,24)(H,27,28)/t14-,16-/m0/s1. The van der Waals surface area contributed by atoms with Gasteiger partial charge in [0, 0.05) is 37.7 Å². The number of phenolic OH excluding ortho intramolecular Hbond substituents is 1. The third-order valence-electron chi connectivity index (χ3n) is 5.59. The normalized spacial score (nSPS) is 20.4. The van der Waals surface area contributed by atoms with Gasteiger partial charge in [0.15, 0.2) is 0 Å². The van der Waals surface area contributed by atoms with Crippen LogP contribution in [-0.4, -0.2) is 49.1 Å². The molecule has 1 aromatic carbocycles. The molecule has 3 N–H and O–H groups in total. The first-order valence-electron chi connectivity index (χ1n) is 9.58. The Bertz CT molecular complexity index is 938. The average molecular weight is 380 g/mol. The summed E-state index contributed by atoms with van der Waals surface area (Å²) in [4.78, 5) is 25.7. The number of aliphatic carboxylic acids is 1. The number of pyridine rings is 1. The molecule has 0 amide bonds. The topological polar surface area (TPSA) is 102 Å². The van der Waals surface area contributed by atoms with Gasteiger partial charge in [-0.1, -0.05) is 18.2 Å². The largest absolute Gasteiger partial charge is 0.508 e. The first-order valence-corrected chi connectivity index (χ1v) is 9.58. The molecule has 0 unspecified atom stereocenters. The number of likely N-dealkylation sites (tertiary alicyclic amines) is 1. The molecule has 28 heavy (non-hydrogen) atoms. The minimum Gasteiger partial charge on any atom is -0.508 e. The number of nitrogens with one attached hydrogen (secondary N) is 1. The lowest BCUT2D eigenvalue weighted by Gasteiger charge is -2.38. The van der Waals surface area contributed by atoms with E-state index in [-0.39, 0.29) is 18.3 Å². The molecular weight excluding hydrogens is 356 g/mol. The molecule has 3 aromatic rings. The van der Waals surface area contributed by atoms with Crippen LogP contribution in [0.2, 0.25) is 0 Å². The molecule has 4 rings (SSSR count). The van der Waals surface area contributed by atoms with Gasteiger partial charge in [0.2, 0.25) is 0 Å². The number of fused-ring (bicyclic) bond motifs is 1. The van der Waals surface area contributed by atoms with E-state index in [1.54, 1.807) is 18.5 Å². The molecular formula is C21H24N4O3. The Balaban J connectivity index is 1.51. The third kappa shape index (κ3) is 4.14. The molecule has 146 valence electrons. The van der Waals surface area contributed by atoms with Gasteiger partial charge in [0.05, 0.1) is 17.2 Å². The Morgan fingerprint density at radius 1 is 1.25 bits per heavy atom. The van der Waals surface area contributed by atoms with Crippen molar-refractivity contribution in [3.05, 3.63) is 54.1 Å². The number of para-hydroxylation sites is 1. The molecule has 2 atom stereocenters. The summed E-state index contributed by atoms with van der Waals surface area (Å²) in [6, 6.07) is 9.24. The van der Waals surface area contributed by atoms with Crippen molar-refractivity contribution >= 4 is 17.0 Å². The van der Waals surface area contributed by atoms with Crippen LogP contribution in [0.1, 0.15) is 24.2 Å². The van der Waals surface area contributed by atoms with E-state index in [4.69, 9.17) is 0 Å². The number of aromatic nitrogens is 3. The van der Waals surface area contributed by atoms with Crippen LogP contribution in [0.5, 0.6) is 5.75 Å². The molecule has 0 spiro atoms. The van der Waals surface area contributed by atoms with Gasteiger partial charge in [-0.2, -0.15) is 0 Å². The molecule has 0 radical (unpaired) electrons. The second-order valence-electron chi connectivity index (χ2n) is 7.55. The second kappa shape index (κ2) is 7.98. The van der Waals surface area contributed by atoms with Crippen LogP contribution in [0.4, 0.5) is 0 Å². The summed E-state index contributed by atoms with van der Waals surface area (Å²) in [5.74, 6) is 0.718. The van der Waals surface area contributed by atoms with E-state index in [0.717, 1.165) is 41.9 Å². The van der Waals surface area contributed by atoms with E-state index in [0.29, 0.717) is 18.7 Å². The number of carboxylic acid groups (broad SMARTS) is 1. The molecule has 7 nitrogen and oxygen atoms in total. The highest BCUT2D eigenvalue weighted by Crippen LogP contribution is 2.31. The van der Waals surface area contributed by atoms with Crippen molar-refractivity contribution in [2.45, 2.75) is 25.8 Å². The van der Waals surface area contributed by atoms with Crippen molar-refractivity contribution in [2.75, 3.05) is 13.1 Å². The number of nitrogens with zero attached hydrogens (tertiary/aromatic N) is 3. The van der Waals surface area contributed by atoms with E-state index in [1.807, 2.05) is 24.3 Å². The number of hydrogen-bond acceptors (Lipinski definition) is 5. The summed E-state index contributed by atoms with van der Waals surface area (Å²) in [7, 11) is 0. The van der Waals surface area contributed by atoms with Crippen LogP contribution < -0.4 is 0 Å². The maximum absolute atomic E-state index is 11.3. The van der Waals surface area contributed by atoms with Crippen LogP contribution in [-0.2, 0) is 17.8 Å². The molecule has 1 saturated heterocycles.